The van der Waals surface area contributed by atoms with Crippen LogP contribution in [0.15, 0.2) is 109 Å². The number of hydrogen-bond donors (Lipinski definition) is 1. The molecule has 1 spiro atoms. The van der Waals surface area contributed by atoms with Gasteiger partial charge in [-0.25, -0.2) is 0 Å². The van der Waals surface area contributed by atoms with E-state index in [0.29, 0.717) is 16.8 Å². The van der Waals surface area contributed by atoms with E-state index in [9.17, 15) is 24.5 Å². The second kappa shape index (κ2) is 9.34. The van der Waals surface area contributed by atoms with Gasteiger partial charge in [-0.2, -0.15) is 0 Å². The molecule has 8 nitrogen and oxygen atoms in total. The largest absolute Gasteiger partial charge is 0.352 e. The van der Waals surface area contributed by atoms with Crippen LogP contribution in [0.4, 0.5) is 17.1 Å². The smallest absolute Gasteiger partial charge is 0.269 e. The van der Waals surface area contributed by atoms with Crippen molar-refractivity contribution in [2.45, 2.75) is 24.4 Å². The number of Topliss-reactive ketones (excluding diaryl/α,β-unsaturated/α-hetero) is 2. The van der Waals surface area contributed by atoms with Crippen LogP contribution in [-0.2, 0) is 10.2 Å². The molecule has 0 unspecified atom stereocenters. The van der Waals surface area contributed by atoms with Crippen LogP contribution in [-0.4, -0.2) is 34.5 Å². The summed E-state index contributed by atoms with van der Waals surface area (Å²) in [6.07, 6.45) is 2.00. The number of nitro groups is 1. The van der Waals surface area contributed by atoms with Crippen LogP contribution in [0.25, 0.3) is 5.57 Å². The van der Waals surface area contributed by atoms with E-state index in [1.54, 1.807) is 24.3 Å². The van der Waals surface area contributed by atoms with Crippen molar-refractivity contribution in [3.63, 3.8) is 0 Å². The first-order chi connectivity index (χ1) is 20.3. The first-order valence-electron chi connectivity index (χ1n) is 13.7. The fourth-order valence-corrected chi connectivity index (χ4v) is 7.09. The van der Waals surface area contributed by atoms with E-state index >= 15 is 0 Å². The zero-order valence-corrected chi connectivity index (χ0v) is 22.6. The first kappa shape index (κ1) is 25.6. The van der Waals surface area contributed by atoms with E-state index in [1.165, 1.54) is 24.3 Å². The van der Waals surface area contributed by atoms with Gasteiger partial charge in [0.1, 0.15) is 11.5 Å². The minimum atomic E-state index is -1.42. The van der Waals surface area contributed by atoms with Crippen LogP contribution < -0.4 is 10.2 Å². The van der Waals surface area contributed by atoms with Gasteiger partial charge < -0.3 is 10.2 Å². The standard InChI is InChI=1S/C34H25N3O5/c1-20-19-28-34(25-12-6-7-13-26(25)35-33(34)40)29(31(38)21-9-3-2-4-10-21)30(36(28)27-14-8-5-11-24(20)27)32(39)22-15-17-23(18-16-22)37(41)42/h2-19,28-30H,1H3,(H,35,40)/t28-,29+,30-,34+/m1/s1. The topological polar surface area (TPSA) is 110 Å². The number of amides is 1. The Bertz CT molecular complexity index is 1830. The molecule has 1 amide bonds. The Labute approximate surface area is 241 Å². The number of nitrogens with one attached hydrogen (secondary N) is 1. The fraction of sp³-hybridized carbons (Fsp3) is 0.147. The lowest BCUT2D eigenvalue weighted by molar-refractivity contribution is -0.384. The van der Waals surface area contributed by atoms with Crippen molar-refractivity contribution in [3.05, 3.63) is 142 Å². The van der Waals surface area contributed by atoms with Gasteiger partial charge in [-0.05, 0) is 42.3 Å². The number of allylic oxidation sites excluding steroid dienone is 1. The molecule has 3 heterocycles. The SMILES string of the molecule is CC1=C[C@H]2N(c3ccccc31)[C@@H](C(=O)c1ccc([N+](=O)[O-])cc1)[C@@H](C(=O)c1ccccc1)[C@@]21C(=O)Nc2ccccc21. The van der Waals surface area contributed by atoms with Crippen LogP contribution in [0.3, 0.4) is 0 Å². The highest BCUT2D eigenvalue weighted by Crippen LogP contribution is 2.58. The third-order valence-corrected chi connectivity index (χ3v) is 8.86. The number of non-ortho nitro benzene ring substituents is 1. The molecule has 1 fully saturated rings. The average Bonchev–Trinajstić information content (AvgIpc) is 3.49. The summed E-state index contributed by atoms with van der Waals surface area (Å²) in [5.41, 5.74) is 2.94. The van der Waals surface area contributed by atoms with Crippen LogP contribution in [0.5, 0.6) is 0 Å². The summed E-state index contributed by atoms with van der Waals surface area (Å²) in [6, 6.07) is 27.4. The third-order valence-electron chi connectivity index (χ3n) is 8.86. The minimum Gasteiger partial charge on any atom is -0.352 e. The van der Waals surface area contributed by atoms with E-state index in [-0.39, 0.29) is 28.7 Å². The lowest BCUT2D eigenvalue weighted by Crippen LogP contribution is -2.51. The van der Waals surface area contributed by atoms with Gasteiger partial charge in [-0.15, -0.1) is 0 Å². The second-order valence-electron chi connectivity index (χ2n) is 10.9. The number of rotatable bonds is 5. The average molecular weight is 556 g/mol. The third kappa shape index (κ3) is 3.44. The second-order valence-corrected chi connectivity index (χ2v) is 10.9. The summed E-state index contributed by atoms with van der Waals surface area (Å²) < 4.78 is 0. The molecular formula is C34H25N3O5. The molecule has 4 aromatic carbocycles. The number of benzene rings is 4. The van der Waals surface area contributed by atoms with E-state index in [2.05, 4.69) is 5.32 Å². The number of nitro benzene ring substituents is 1. The highest BCUT2D eigenvalue weighted by Gasteiger charge is 2.70. The lowest BCUT2D eigenvalue weighted by atomic mass is 9.64. The molecule has 0 saturated carbocycles. The van der Waals surface area contributed by atoms with Gasteiger partial charge in [0.05, 0.1) is 16.9 Å². The van der Waals surface area contributed by atoms with E-state index < -0.39 is 28.3 Å². The summed E-state index contributed by atoms with van der Waals surface area (Å²) in [5.74, 6) is -2.15. The Morgan fingerprint density at radius 2 is 1.48 bits per heavy atom. The highest BCUT2D eigenvalue weighted by molar-refractivity contribution is 6.18. The molecule has 4 atom stereocenters. The van der Waals surface area contributed by atoms with Crippen molar-refractivity contribution < 1.29 is 19.3 Å². The van der Waals surface area contributed by atoms with Gasteiger partial charge in [0.25, 0.3) is 5.69 Å². The molecule has 3 aliphatic heterocycles. The number of hydrogen-bond acceptors (Lipinski definition) is 6. The van der Waals surface area contributed by atoms with Crippen LogP contribution in [0.1, 0.15) is 38.8 Å². The van der Waals surface area contributed by atoms with Gasteiger partial charge in [0, 0.05) is 40.2 Å². The molecule has 3 aliphatic rings. The van der Waals surface area contributed by atoms with Gasteiger partial charge in [-0.1, -0.05) is 72.8 Å². The predicted octanol–water partition coefficient (Wildman–Crippen LogP) is 5.84. The molecule has 7 rings (SSSR count). The Kier molecular flexibility index (Phi) is 5.69. The summed E-state index contributed by atoms with van der Waals surface area (Å²) in [6.45, 7) is 1.97. The van der Waals surface area contributed by atoms with E-state index in [4.69, 9.17) is 0 Å². The Balaban J connectivity index is 1.53. The van der Waals surface area contributed by atoms with Crippen molar-refractivity contribution in [3.8, 4) is 0 Å². The van der Waals surface area contributed by atoms with Crippen molar-refractivity contribution in [1.82, 2.24) is 0 Å². The van der Waals surface area contributed by atoms with Crippen LogP contribution in [0, 0.1) is 16.0 Å². The number of para-hydroxylation sites is 2. The zero-order valence-electron chi connectivity index (χ0n) is 22.6. The van der Waals surface area contributed by atoms with Gasteiger partial charge in [0.2, 0.25) is 5.91 Å². The number of carbonyl (C=O) groups is 3. The normalized spacial score (nSPS) is 23.5. The quantitative estimate of drug-likeness (QED) is 0.188. The molecule has 42 heavy (non-hydrogen) atoms. The van der Waals surface area contributed by atoms with Gasteiger partial charge in [0.15, 0.2) is 11.6 Å². The molecule has 0 radical (unpaired) electrons. The summed E-state index contributed by atoms with van der Waals surface area (Å²) in [7, 11) is 0. The van der Waals surface area contributed by atoms with E-state index in [1.807, 2.05) is 72.5 Å². The molecule has 1 N–H and O–H groups in total. The predicted molar refractivity (Wildman–Crippen MR) is 159 cm³/mol. The molecule has 0 aliphatic carbocycles. The van der Waals surface area contributed by atoms with Crippen molar-refractivity contribution in [2.24, 2.45) is 5.92 Å². The number of ketones is 2. The van der Waals surface area contributed by atoms with Crippen molar-refractivity contribution >= 4 is 40.1 Å². The maximum absolute atomic E-state index is 14.7. The summed E-state index contributed by atoms with van der Waals surface area (Å²) in [5, 5.41) is 14.4. The van der Waals surface area contributed by atoms with Crippen LogP contribution in [0.2, 0.25) is 0 Å². The highest BCUT2D eigenvalue weighted by atomic mass is 16.6. The maximum Gasteiger partial charge on any atom is 0.269 e. The molecule has 0 aromatic heterocycles. The Morgan fingerprint density at radius 3 is 2.21 bits per heavy atom. The molecular weight excluding hydrogens is 530 g/mol. The molecule has 4 aromatic rings. The number of anilines is 2. The van der Waals surface area contributed by atoms with E-state index in [0.717, 1.165) is 16.8 Å². The molecule has 1 saturated heterocycles. The first-order valence-corrected chi connectivity index (χ1v) is 13.7. The fourth-order valence-electron chi connectivity index (χ4n) is 7.09. The zero-order chi connectivity index (χ0) is 29.2. The Morgan fingerprint density at radius 1 is 0.833 bits per heavy atom. The molecule has 8 heteroatoms. The van der Waals surface area contributed by atoms with Gasteiger partial charge >= 0.3 is 0 Å². The maximum atomic E-state index is 14.7. The van der Waals surface area contributed by atoms with Crippen molar-refractivity contribution in [1.29, 1.82) is 0 Å². The number of carbonyl (C=O) groups excluding carboxylic acids is 3. The number of fused-ring (bicyclic) bond motifs is 6. The summed E-state index contributed by atoms with van der Waals surface area (Å²) >= 11 is 0. The molecule has 0 bridgehead atoms. The van der Waals surface area contributed by atoms with Gasteiger partial charge in [-0.3, -0.25) is 24.5 Å². The monoisotopic (exact) mass is 555 g/mol. The lowest BCUT2D eigenvalue weighted by Gasteiger charge is -2.39. The summed E-state index contributed by atoms with van der Waals surface area (Å²) in [4.78, 5) is 56.5. The number of nitrogens with zero attached hydrogens (tertiary/aromatic N) is 2. The molecule has 206 valence electrons. The Hall–Kier alpha value is -5.37. The van der Waals surface area contributed by atoms with Crippen LogP contribution >= 0.6 is 0 Å². The minimum absolute atomic E-state index is 0.143. The van der Waals surface area contributed by atoms with Crippen molar-refractivity contribution in [2.75, 3.05) is 10.2 Å².